The van der Waals surface area contributed by atoms with Gasteiger partial charge in [-0.3, -0.25) is 4.72 Å². The molecule has 6 heteroatoms. The molecule has 0 unspecified atom stereocenters. The van der Waals surface area contributed by atoms with Crippen LogP contribution in [0.3, 0.4) is 0 Å². The monoisotopic (exact) mass is 379 g/mol. The van der Waals surface area contributed by atoms with Gasteiger partial charge in [-0.2, -0.15) is 10.2 Å². The second-order valence-corrected chi connectivity index (χ2v) is 8.09. The van der Waals surface area contributed by atoms with Gasteiger partial charge in [-0.1, -0.05) is 44.2 Å². The molecular weight excluding hydrogens is 358 g/mol. The Balaban J connectivity index is 1.70. The van der Waals surface area contributed by atoms with Gasteiger partial charge in [-0.15, -0.1) is 0 Å². The lowest BCUT2D eigenvalue weighted by Crippen LogP contribution is -2.12. The average Bonchev–Trinajstić information content (AvgIpc) is 2.68. The highest BCUT2D eigenvalue weighted by atomic mass is 32.2. The molecular formula is C21H21N3O2S. The van der Waals surface area contributed by atoms with Gasteiger partial charge in [0.25, 0.3) is 10.0 Å². The second kappa shape index (κ2) is 8.14. The molecule has 3 aromatic rings. The maximum Gasteiger partial charge on any atom is 0.261 e. The molecule has 0 aliphatic heterocycles. The Morgan fingerprint density at radius 1 is 0.741 bits per heavy atom. The van der Waals surface area contributed by atoms with Gasteiger partial charge in [0, 0.05) is 5.69 Å². The summed E-state index contributed by atoms with van der Waals surface area (Å²) in [4.78, 5) is 0.236. The molecule has 0 aromatic heterocycles. The van der Waals surface area contributed by atoms with E-state index in [0.29, 0.717) is 17.3 Å². The first kappa shape index (κ1) is 18.8. The zero-order valence-electron chi connectivity index (χ0n) is 15.2. The zero-order valence-corrected chi connectivity index (χ0v) is 16.0. The van der Waals surface area contributed by atoms with E-state index in [1.807, 2.05) is 42.5 Å². The topological polar surface area (TPSA) is 70.9 Å². The van der Waals surface area contributed by atoms with E-state index in [1.54, 1.807) is 36.4 Å². The minimum atomic E-state index is -3.63. The average molecular weight is 379 g/mol. The van der Waals surface area contributed by atoms with Crippen LogP contribution >= 0.6 is 0 Å². The number of anilines is 1. The van der Waals surface area contributed by atoms with Gasteiger partial charge in [0.2, 0.25) is 0 Å². The van der Waals surface area contributed by atoms with Crippen LogP contribution in [-0.2, 0) is 10.0 Å². The lowest BCUT2D eigenvalue weighted by molar-refractivity contribution is 0.601. The van der Waals surface area contributed by atoms with Crippen LogP contribution < -0.4 is 4.72 Å². The first-order chi connectivity index (χ1) is 12.9. The van der Waals surface area contributed by atoms with E-state index in [2.05, 4.69) is 28.8 Å². The van der Waals surface area contributed by atoms with Crippen LogP contribution in [0.15, 0.2) is 94.0 Å². The highest BCUT2D eigenvalue weighted by Gasteiger charge is 2.14. The Morgan fingerprint density at radius 3 is 1.85 bits per heavy atom. The molecule has 0 atom stereocenters. The van der Waals surface area contributed by atoms with Crippen LogP contribution in [0.1, 0.15) is 25.3 Å². The van der Waals surface area contributed by atoms with Crippen molar-refractivity contribution in [1.29, 1.82) is 0 Å². The van der Waals surface area contributed by atoms with Crippen LogP contribution in [0.25, 0.3) is 0 Å². The van der Waals surface area contributed by atoms with Gasteiger partial charge in [-0.05, 0) is 60.0 Å². The summed E-state index contributed by atoms with van der Waals surface area (Å²) in [5.74, 6) is 0.354. The lowest BCUT2D eigenvalue weighted by Gasteiger charge is -2.10. The summed E-state index contributed by atoms with van der Waals surface area (Å²) in [6.07, 6.45) is 0. The quantitative estimate of drug-likeness (QED) is 0.531. The molecule has 5 nitrogen and oxygen atoms in total. The third-order valence-corrected chi connectivity index (χ3v) is 5.41. The van der Waals surface area contributed by atoms with Gasteiger partial charge in [-0.25, -0.2) is 8.42 Å². The normalized spacial score (nSPS) is 11.8. The molecule has 0 fully saturated rings. The molecule has 27 heavy (non-hydrogen) atoms. The van der Waals surface area contributed by atoms with Crippen molar-refractivity contribution in [2.24, 2.45) is 10.2 Å². The minimum Gasteiger partial charge on any atom is -0.280 e. The molecule has 0 spiro atoms. The molecule has 0 saturated heterocycles. The predicted molar refractivity (Wildman–Crippen MR) is 108 cm³/mol. The number of rotatable bonds is 6. The van der Waals surface area contributed by atoms with E-state index in [-0.39, 0.29) is 4.90 Å². The molecule has 0 bridgehead atoms. The molecule has 0 aliphatic rings. The minimum absolute atomic E-state index is 0.236. The third-order valence-electron chi connectivity index (χ3n) is 4.01. The zero-order chi connectivity index (χ0) is 19.3. The largest absolute Gasteiger partial charge is 0.280 e. The molecule has 0 aliphatic carbocycles. The Labute approximate surface area is 159 Å². The lowest BCUT2D eigenvalue weighted by atomic mass is 10.0. The first-order valence-corrected chi connectivity index (χ1v) is 10.1. The Morgan fingerprint density at radius 2 is 1.30 bits per heavy atom. The van der Waals surface area contributed by atoms with Gasteiger partial charge in [0.1, 0.15) is 0 Å². The van der Waals surface area contributed by atoms with Crippen molar-refractivity contribution in [3.8, 4) is 0 Å². The molecule has 0 heterocycles. The summed E-state index contributed by atoms with van der Waals surface area (Å²) in [5.41, 5.74) is 2.97. The van der Waals surface area contributed by atoms with Gasteiger partial charge in [0.15, 0.2) is 0 Å². The fraction of sp³-hybridized carbons (Fsp3) is 0.143. The summed E-state index contributed by atoms with van der Waals surface area (Å²) < 4.78 is 27.6. The molecule has 0 saturated carbocycles. The van der Waals surface area contributed by atoms with Crippen LogP contribution in [0.4, 0.5) is 17.1 Å². The molecule has 0 amide bonds. The third kappa shape index (κ3) is 5.01. The van der Waals surface area contributed by atoms with Gasteiger partial charge < -0.3 is 0 Å². The fourth-order valence-corrected chi connectivity index (χ4v) is 3.51. The van der Waals surface area contributed by atoms with E-state index < -0.39 is 10.0 Å². The Bertz CT molecular complexity index is 1010. The van der Waals surface area contributed by atoms with E-state index in [0.717, 1.165) is 11.3 Å². The summed E-state index contributed by atoms with van der Waals surface area (Å²) in [6, 6.07) is 23.1. The van der Waals surface area contributed by atoms with Crippen molar-refractivity contribution in [3.63, 3.8) is 0 Å². The number of azo groups is 1. The first-order valence-electron chi connectivity index (χ1n) is 8.64. The maximum atomic E-state index is 12.5. The molecule has 1 N–H and O–H groups in total. The van der Waals surface area contributed by atoms with E-state index >= 15 is 0 Å². The van der Waals surface area contributed by atoms with Gasteiger partial charge >= 0.3 is 0 Å². The standard InChI is InChI=1S/C21H21N3O2S/c1-16(2)17-8-14-21(15-9-17)27(25,26)24-20-12-10-19(11-13-20)23-22-18-6-4-3-5-7-18/h3-16,24H,1-2H3. The predicted octanol–water partition coefficient (Wildman–Crippen LogP) is 6.03. The summed E-state index contributed by atoms with van der Waals surface area (Å²) in [7, 11) is -3.63. The van der Waals surface area contributed by atoms with Crippen molar-refractivity contribution < 1.29 is 8.42 Å². The van der Waals surface area contributed by atoms with Gasteiger partial charge in [0.05, 0.1) is 16.3 Å². The Hall–Kier alpha value is -2.99. The summed E-state index contributed by atoms with van der Waals surface area (Å²) >= 11 is 0. The summed E-state index contributed by atoms with van der Waals surface area (Å²) in [6.45, 7) is 4.14. The van der Waals surface area contributed by atoms with Crippen molar-refractivity contribution in [1.82, 2.24) is 0 Å². The molecule has 138 valence electrons. The van der Waals surface area contributed by atoms with Crippen LogP contribution in [0.2, 0.25) is 0 Å². The number of nitrogens with one attached hydrogen (secondary N) is 1. The summed E-state index contributed by atoms with van der Waals surface area (Å²) in [5, 5.41) is 8.28. The van der Waals surface area contributed by atoms with Crippen LogP contribution in [0, 0.1) is 0 Å². The highest BCUT2D eigenvalue weighted by molar-refractivity contribution is 7.92. The Kier molecular flexibility index (Phi) is 5.66. The van der Waals surface area contributed by atoms with Crippen molar-refractivity contribution in [3.05, 3.63) is 84.4 Å². The second-order valence-electron chi connectivity index (χ2n) is 6.41. The number of nitrogens with zero attached hydrogens (tertiary/aromatic N) is 2. The fourth-order valence-electron chi connectivity index (χ4n) is 2.45. The highest BCUT2D eigenvalue weighted by Crippen LogP contribution is 2.23. The van der Waals surface area contributed by atoms with E-state index in [9.17, 15) is 8.42 Å². The smallest absolute Gasteiger partial charge is 0.261 e. The molecule has 3 rings (SSSR count). The van der Waals surface area contributed by atoms with E-state index in [1.165, 1.54) is 0 Å². The van der Waals surface area contributed by atoms with Crippen LogP contribution in [0.5, 0.6) is 0 Å². The van der Waals surface area contributed by atoms with Crippen molar-refractivity contribution in [2.45, 2.75) is 24.7 Å². The number of hydrogen-bond acceptors (Lipinski definition) is 4. The van der Waals surface area contributed by atoms with E-state index in [4.69, 9.17) is 0 Å². The number of hydrogen-bond donors (Lipinski definition) is 1. The SMILES string of the molecule is CC(C)c1ccc(S(=O)(=O)Nc2ccc(N=Nc3ccccc3)cc2)cc1. The van der Waals surface area contributed by atoms with Crippen molar-refractivity contribution in [2.75, 3.05) is 4.72 Å². The van der Waals surface area contributed by atoms with Crippen LogP contribution in [-0.4, -0.2) is 8.42 Å². The molecule has 3 aromatic carbocycles. The number of sulfonamides is 1. The van der Waals surface area contributed by atoms with Crippen molar-refractivity contribution >= 4 is 27.1 Å². The molecule has 0 radical (unpaired) electrons. The maximum absolute atomic E-state index is 12.5. The number of benzene rings is 3.